The molecule has 2 aliphatic carbocycles. The molecule has 11 nitrogen and oxygen atoms in total. The highest BCUT2D eigenvalue weighted by Gasteiger charge is 2.61. The summed E-state index contributed by atoms with van der Waals surface area (Å²) in [5.74, 6) is -1.49. The molecule has 6 rings (SSSR count). The number of rotatable bonds is 12. The second kappa shape index (κ2) is 13.0. The van der Waals surface area contributed by atoms with Gasteiger partial charge < -0.3 is 14.5 Å². The molecular weight excluding hydrogens is 675 g/mol. The Morgan fingerprint density at radius 2 is 1.90 bits per heavy atom. The quantitative estimate of drug-likeness (QED) is 0.240. The zero-order valence-electron chi connectivity index (χ0n) is 29.9. The van der Waals surface area contributed by atoms with Crippen molar-refractivity contribution in [2.75, 3.05) is 25.5 Å². The Balaban J connectivity index is 1.30. The maximum atomic E-state index is 14.3. The SMILES string of the molecule is C=CC1C[C@]1(CC(=O)[C@@H]1C[C@@H](Oc2nc(-c3csc(N(C)C)n3)cc3cc(C)ccc23)CN1C(=O)[C@@H](C)C(C)(C)C)C(=O)NS(=O)(=O)C1CC1. The lowest BCUT2D eigenvalue weighted by Crippen LogP contribution is -2.47. The molecule has 1 N–H and O–H groups in total. The van der Waals surface area contributed by atoms with Crippen LogP contribution in [0, 0.1) is 29.6 Å². The van der Waals surface area contributed by atoms with Gasteiger partial charge >= 0.3 is 0 Å². The number of ether oxygens (including phenoxy) is 1. The lowest BCUT2D eigenvalue weighted by atomic mass is 9.81. The Morgan fingerprint density at radius 1 is 1.18 bits per heavy atom. The van der Waals surface area contributed by atoms with Gasteiger partial charge in [-0.1, -0.05) is 51.5 Å². The topological polar surface area (TPSA) is 139 Å². The zero-order valence-corrected chi connectivity index (χ0v) is 31.5. The first kappa shape index (κ1) is 36.0. The number of hydrogen-bond donors (Lipinski definition) is 1. The first-order valence-corrected chi connectivity index (χ1v) is 19.6. The van der Waals surface area contributed by atoms with Crippen molar-refractivity contribution in [2.24, 2.45) is 22.7 Å². The van der Waals surface area contributed by atoms with E-state index in [-0.39, 0.29) is 42.4 Å². The number of allylic oxidation sites excluding steroid dienone is 1. The maximum Gasteiger partial charge on any atom is 0.240 e. The second-order valence-corrected chi connectivity index (χ2v) is 18.3. The Kier molecular flexibility index (Phi) is 9.38. The summed E-state index contributed by atoms with van der Waals surface area (Å²) < 4.78 is 34.2. The molecule has 1 aliphatic heterocycles. The van der Waals surface area contributed by atoms with Crippen molar-refractivity contribution in [1.82, 2.24) is 19.6 Å². The van der Waals surface area contributed by atoms with E-state index in [1.165, 1.54) is 11.3 Å². The number of sulfonamides is 1. The fourth-order valence-electron chi connectivity index (χ4n) is 6.67. The predicted octanol–water partition coefficient (Wildman–Crippen LogP) is 5.52. The van der Waals surface area contributed by atoms with Crippen LogP contribution in [0.25, 0.3) is 22.2 Å². The number of fused-ring (bicyclic) bond motifs is 1. The van der Waals surface area contributed by atoms with Gasteiger partial charge in [-0.15, -0.1) is 17.9 Å². The number of Topliss-reactive ketones (excluding diaryl/α,β-unsaturated/α-hetero) is 1. The molecule has 1 saturated heterocycles. The molecule has 3 aliphatic rings. The van der Waals surface area contributed by atoms with E-state index in [1.807, 2.05) is 77.2 Å². The smallest absolute Gasteiger partial charge is 0.240 e. The van der Waals surface area contributed by atoms with Gasteiger partial charge in [0.05, 0.1) is 28.9 Å². The number of nitrogens with one attached hydrogen (secondary N) is 1. The highest BCUT2D eigenvalue weighted by molar-refractivity contribution is 7.90. The summed E-state index contributed by atoms with van der Waals surface area (Å²) in [5.41, 5.74) is 0.867. The molecule has 50 heavy (non-hydrogen) atoms. The highest BCUT2D eigenvalue weighted by atomic mass is 32.2. The van der Waals surface area contributed by atoms with E-state index in [9.17, 15) is 22.8 Å². The number of nitrogens with zero attached hydrogens (tertiary/aromatic N) is 4. The first-order chi connectivity index (χ1) is 23.4. The molecule has 3 aromatic rings. The van der Waals surface area contributed by atoms with Gasteiger partial charge in [-0.05, 0) is 55.0 Å². The van der Waals surface area contributed by atoms with Gasteiger partial charge in [0.25, 0.3) is 0 Å². The van der Waals surface area contributed by atoms with Crippen molar-refractivity contribution in [3.63, 3.8) is 0 Å². The van der Waals surface area contributed by atoms with Crippen molar-refractivity contribution >= 4 is 54.9 Å². The van der Waals surface area contributed by atoms with E-state index >= 15 is 0 Å². The van der Waals surface area contributed by atoms with Gasteiger partial charge in [0.15, 0.2) is 10.9 Å². The zero-order chi connectivity index (χ0) is 36.3. The standard InChI is InChI=1S/C37H47N5O6S2/c1-9-24-17-37(24,34(45)40-50(46,47)26-11-12-26)18-31(43)30-16-25(19-42(30)33(44)22(3)36(4,5)6)48-32-27-13-10-21(2)14-23(27)15-28(38-32)29-20-49-35(39-29)41(7)8/h9-10,13-15,20,22,24-26,30H,1,11-12,16-19H2,2-8H3,(H,40,45)/t22-,24?,25-,30+,37-/m1/s1. The molecule has 0 radical (unpaired) electrons. The summed E-state index contributed by atoms with van der Waals surface area (Å²) in [6.07, 6.45) is 2.40. The van der Waals surface area contributed by atoms with Crippen molar-refractivity contribution in [3.05, 3.63) is 47.9 Å². The van der Waals surface area contributed by atoms with Gasteiger partial charge in [-0.25, -0.2) is 18.4 Å². The average Bonchev–Trinajstić information content (AvgIpc) is 3.92. The normalized spacial score (nSPS) is 24.1. The fourth-order valence-corrected chi connectivity index (χ4v) is 8.81. The van der Waals surface area contributed by atoms with Crippen LogP contribution >= 0.6 is 11.3 Å². The maximum absolute atomic E-state index is 14.3. The van der Waals surface area contributed by atoms with E-state index < -0.39 is 44.7 Å². The summed E-state index contributed by atoms with van der Waals surface area (Å²) in [5, 5.41) is 3.97. The number of amides is 2. The third-order valence-electron chi connectivity index (χ3n) is 10.5. The lowest BCUT2D eigenvalue weighted by Gasteiger charge is -2.33. The number of carbonyl (C=O) groups is 3. The molecule has 0 spiro atoms. The first-order valence-electron chi connectivity index (χ1n) is 17.2. The van der Waals surface area contributed by atoms with Crippen molar-refractivity contribution in [2.45, 2.75) is 84.1 Å². The van der Waals surface area contributed by atoms with Crippen LogP contribution in [0.1, 0.15) is 65.4 Å². The predicted molar refractivity (Wildman–Crippen MR) is 196 cm³/mol. The number of aromatic nitrogens is 2. The van der Waals surface area contributed by atoms with E-state index in [1.54, 1.807) is 11.0 Å². The minimum absolute atomic E-state index is 0.163. The van der Waals surface area contributed by atoms with Crippen LogP contribution in [-0.2, 0) is 24.4 Å². The number of likely N-dealkylation sites (tertiary alicyclic amines) is 1. The molecule has 1 unspecified atom stereocenters. The van der Waals surface area contributed by atoms with Gasteiger partial charge in [-0.3, -0.25) is 19.1 Å². The highest BCUT2D eigenvalue weighted by Crippen LogP contribution is 2.57. The number of aryl methyl sites for hydroxylation is 1. The van der Waals surface area contributed by atoms with Gasteiger partial charge in [0, 0.05) is 43.6 Å². The van der Waals surface area contributed by atoms with E-state index in [0.29, 0.717) is 30.8 Å². The third-order valence-corrected chi connectivity index (χ3v) is 13.3. The van der Waals surface area contributed by atoms with Crippen LogP contribution in [-0.4, -0.2) is 78.9 Å². The van der Waals surface area contributed by atoms with Crippen LogP contribution in [0.2, 0.25) is 0 Å². The molecule has 3 heterocycles. The molecular formula is C37H47N5O6S2. The van der Waals surface area contributed by atoms with E-state index in [0.717, 1.165) is 27.2 Å². The van der Waals surface area contributed by atoms with E-state index in [2.05, 4.69) is 17.4 Å². The minimum atomic E-state index is -3.80. The van der Waals surface area contributed by atoms with Crippen LogP contribution in [0.15, 0.2) is 42.3 Å². The fraction of sp³-hybridized carbons (Fsp3) is 0.541. The number of thiazole rings is 1. The van der Waals surface area contributed by atoms with Gasteiger partial charge in [0.2, 0.25) is 27.7 Å². The molecule has 268 valence electrons. The van der Waals surface area contributed by atoms with Gasteiger partial charge in [0.1, 0.15) is 11.8 Å². The molecule has 2 aromatic heterocycles. The number of ketones is 1. The monoisotopic (exact) mass is 721 g/mol. The molecule has 13 heteroatoms. The molecule has 0 bridgehead atoms. The Morgan fingerprint density at radius 3 is 2.50 bits per heavy atom. The number of anilines is 1. The van der Waals surface area contributed by atoms with Crippen molar-refractivity contribution in [3.8, 4) is 17.3 Å². The summed E-state index contributed by atoms with van der Waals surface area (Å²) >= 11 is 1.52. The number of hydrogen-bond acceptors (Lipinski definition) is 10. The average molecular weight is 722 g/mol. The Labute approximate surface area is 298 Å². The summed E-state index contributed by atoms with van der Waals surface area (Å²) in [6, 6.07) is 7.15. The summed E-state index contributed by atoms with van der Waals surface area (Å²) in [6.45, 7) is 13.8. The summed E-state index contributed by atoms with van der Waals surface area (Å²) in [7, 11) is 0.0693. The lowest BCUT2D eigenvalue weighted by molar-refractivity contribution is -0.144. The molecule has 5 atom stereocenters. The van der Waals surface area contributed by atoms with Crippen molar-refractivity contribution in [1.29, 1.82) is 0 Å². The van der Waals surface area contributed by atoms with Crippen molar-refractivity contribution < 1.29 is 27.5 Å². The molecule has 2 saturated carbocycles. The van der Waals surface area contributed by atoms with Crippen LogP contribution in [0.3, 0.4) is 0 Å². The molecule has 1 aromatic carbocycles. The van der Waals surface area contributed by atoms with Crippen LogP contribution in [0.4, 0.5) is 5.13 Å². The Bertz CT molecular complexity index is 1960. The van der Waals surface area contributed by atoms with E-state index in [4.69, 9.17) is 14.7 Å². The Hall–Kier alpha value is -3.84. The van der Waals surface area contributed by atoms with Crippen LogP contribution < -0.4 is 14.4 Å². The third kappa shape index (κ3) is 7.03. The number of carbonyl (C=O) groups excluding carboxylic acids is 3. The number of benzene rings is 1. The van der Waals surface area contributed by atoms with Crippen LogP contribution in [0.5, 0.6) is 5.88 Å². The molecule has 3 fully saturated rings. The van der Waals surface area contributed by atoms with Gasteiger partial charge in [-0.2, -0.15) is 0 Å². The second-order valence-electron chi connectivity index (χ2n) is 15.5. The summed E-state index contributed by atoms with van der Waals surface area (Å²) in [4.78, 5) is 55.0. The molecule has 2 amide bonds. The minimum Gasteiger partial charge on any atom is -0.472 e. The largest absolute Gasteiger partial charge is 0.472 e. The number of pyridine rings is 1.